The number of benzene rings is 5. The van der Waals surface area contributed by atoms with E-state index < -0.39 is 7.14 Å². The molecule has 7 rings (SSSR count). The molecule has 4 heteroatoms. The zero-order chi connectivity index (χ0) is 26.9. The normalized spacial score (nSPS) is 14.6. The van der Waals surface area contributed by atoms with Gasteiger partial charge in [0.25, 0.3) is 6.71 Å². The Kier molecular flexibility index (Phi) is 5.35. The lowest BCUT2D eigenvalue weighted by molar-refractivity contribution is 0.484. The van der Waals surface area contributed by atoms with Gasteiger partial charge in [0.05, 0.1) is 0 Å². The fourth-order valence-corrected chi connectivity index (χ4v) is 9.56. The van der Waals surface area contributed by atoms with Crippen LogP contribution in [0.1, 0.15) is 36.1 Å². The first-order valence-corrected chi connectivity index (χ1v) is 15.3. The molecule has 39 heavy (non-hydrogen) atoms. The summed E-state index contributed by atoms with van der Waals surface area (Å²) in [6, 6.07) is 37.3. The molecule has 5 aromatic rings. The van der Waals surface area contributed by atoms with Gasteiger partial charge in [0.2, 0.25) is 0 Å². The standard InChI is InChI=1S/C35H30BO2P/c1-23-15-19-31-30(21-23)36-29-18-17-27(39(37,25-11-7-5-8-12-25)26-13-9-6-10-14-26)22-28(29)35(3,4)33-24(2)16-20-32(38-31)34(33)36/h5-22H,1-4H3. The average Bonchev–Trinajstić information content (AvgIpc) is 2.96. The van der Waals surface area contributed by atoms with Crippen LogP contribution in [-0.2, 0) is 9.98 Å². The molecule has 0 saturated heterocycles. The van der Waals surface area contributed by atoms with Crippen LogP contribution in [0.15, 0.2) is 109 Å². The summed E-state index contributed by atoms with van der Waals surface area (Å²) < 4.78 is 21.8. The molecule has 2 aliphatic rings. The summed E-state index contributed by atoms with van der Waals surface area (Å²) in [6.07, 6.45) is 0. The molecule has 2 aliphatic heterocycles. The molecule has 0 radical (unpaired) electrons. The number of aryl methyl sites for hydroxylation is 2. The molecule has 2 nitrogen and oxygen atoms in total. The number of fused-ring (bicyclic) bond motifs is 4. The van der Waals surface area contributed by atoms with Gasteiger partial charge in [-0.1, -0.05) is 116 Å². The van der Waals surface area contributed by atoms with Crippen molar-refractivity contribution in [3.8, 4) is 11.5 Å². The lowest BCUT2D eigenvalue weighted by atomic mass is 9.30. The molecule has 190 valence electrons. The lowest BCUT2D eigenvalue weighted by Gasteiger charge is -2.43. The molecule has 0 bridgehead atoms. The largest absolute Gasteiger partial charge is 0.458 e. The third-order valence-corrected chi connectivity index (χ3v) is 11.7. The van der Waals surface area contributed by atoms with Crippen LogP contribution in [0.2, 0.25) is 0 Å². The molecule has 5 aromatic carbocycles. The highest BCUT2D eigenvalue weighted by molar-refractivity contribution is 7.85. The smallest absolute Gasteiger partial charge is 0.251 e. The van der Waals surface area contributed by atoms with Crippen LogP contribution in [0.25, 0.3) is 0 Å². The van der Waals surface area contributed by atoms with Crippen molar-refractivity contribution < 1.29 is 9.30 Å². The first-order chi connectivity index (χ1) is 18.8. The van der Waals surface area contributed by atoms with Crippen LogP contribution < -0.4 is 37.0 Å². The minimum absolute atomic E-state index is 0.0726. The maximum atomic E-state index is 15.3. The van der Waals surface area contributed by atoms with E-state index in [1.54, 1.807) is 0 Å². The fourth-order valence-electron chi connectivity index (χ4n) is 6.89. The molecule has 0 aliphatic carbocycles. The molecule has 0 saturated carbocycles. The van der Waals surface area contributed by atoms with Crippen molar-refractivity contribution in [3.05, 3.63) is 131 Å². The second-order valence-corrected chi connectivity index (χ2v) is 14.2. The highest BCUT2D eigenvalue weighted by Gasteiger charge is 2.46. The van der Waals surface area contributed by atoms with Crippen LogP contribution in [0.3, 0.4) is 0 Å². The molecule has 0 amide bonds. The lowest BCUT2D eigenvalue weighted by Crippen LogP contribution is -2.63. The minimum Gasteiger partial charge on any atom is -0.458 e. The van der Waals surface area contributed by atoms with Crippen molar-refractivity contribution in [3.63, 3.8) is 0 Å². The molecule has 0 atom stereocenters. The van der Waals surface area contributed by atoms with Crippen LogP contribution in [0, 0.1) is 13.8 Å². The zero-order valence-electron chi connectivity index (χ0n) is 22.7. The number of rotatable bonds is 3. The maximum absolute atomic E-state index is 15.3. The van der Waals surface area contributed by atoms with Crippen LogP contribution in [0.4, 0.5) is 0 Å². The van der Waals surface area contributed by atoms with E-state index >= 15 is 4.57 Å². The summed E-state index contributed by atoms with van der Waals surface area (Å²) in [7, 11) is -3.10. The number of hydrogen-bond donors (Lipinski definition) is 0. The van der Waals surface area contributed by atoms with E-state index in [2.05, 4.69) is 76.2 Å². The molecule has 2 heterocycles. The Bertz CT molecular complexity index is 1760. The summed E-state index contributed by atoms with van der Waals surface area (Å²) in [5.74, 6) is 1.86. The van der Waals surface area contributed by atoms with E-state index in [1.165, 1.54) is 38.6 Å². The van der Waals surface area contributed by atoms with Gasteiger partial charge < -0.3 is 9.30 Å². The Morgan fingerprint density at radius 3 is 1.97 bits per heavy atom. The van der Waals surface area contributed by atoms with Crippen LogP contribution in [0.5, 0.6) is 11.5 Å². The highest BCUT2D eigenvalue weighted by Crippen LogP contribution is 2.45. The SMILES string of the molecule is Cc1ccc2c(c1)B1c3ccc(P(=O)(c4ccccc4)c4ccccc4)cc3C(C)(C)c3c(C)ccc(c31)O2. The summed E-state index contributed by atoms with van der Waals surface area (Å²) in [5, 5.41) is 2.59. The first-order valence-electron chi connectivity index (χ1n) is 13.6. The molecular formula is C35H30BO2P. The van der Waals surface area contributed by atoms with Crippen molar-refractivity contribution in [2.75, 3.05) is 0 Å². The van der Waals surface area contributed by atoms with Gasteiger partial charge >= 0.3 is 0 Å². The average molecular weight is 524 g/mol. The molecule has 0 N–H and O–H groups in total. The zero-order valence-corrected chi connectivity index (χ0v) is 23.6. The van der Waals surface area contributed by atoms with Gasteiger partial charge in [0.1, 0.15) is 11.5 Å². The van der Waals surface area contributed by atoms with E-state index in [4.69, 9.17) is 4.74 Å². The second-order valence-electron chi connectivity index (χ2n) is 11.4. The first kappa shape index (κ1) is 24.3. The van der Waals surface area contributed by atoms with Crippen LogP contribution in [-0.4, -0.2) is 6.71 Å². The minimum atomic E-state index is -3.10. The van der Waals surface area contributed by atoms with Crippen molar-refractivity contribution in [1.82, 2.24) is 0 Å². The van der Waals surface area contributed by atoms with Gasteiger partial charge in [-0.25, -0.2) is 0 Å². The second kappa shape index (κ2) is 8.60. The summed E-state index contributed by atoms with van der Waals surface area (Å²) in [5.41, 5.74) is 8.48. The third kappa shape index (κ3) is 3.46. The molecule has 0 spiro atoms. The number of hydrogen-bond acceptors (Lipinski definition) is 2. The van der Waals surface area contributed by atoms with Gasteiger partial charge in [-0.3, -0.25) is 0 Å². The maximum Gasteiger partial charge on any atom is 0.251 e. The van der Waals surface area contributed by atoms with E-state index in [0.29, 0.717) is 0 Å². The Morgan fingerprint density at radius 2 is 1.31 bits per heavy atom. The Labute approximate surface area is 231 Å². The molecule has 0 unspecified atom stereocenters. The summed E-state index contributed by atoms with van der Waals surface area (Å²) in [4.78, 5) is 0. The highest BCUT2D eigenvalue weighted by atomic mass is 31.2. The van der Waals surface area contributed by atoms with E-state index in [9.17, 15) is 0 Å². The Hall–Kier alpha value is -3.81. The van der Waals surface area contributed by atoms with Gasteiger partial charge in [-0.2, -0.15) is 0 Å². The Balaban J connectivity index is 1.53. The summed E-state index contributed by atoms with van der Waals surface area (Å²) >= 11 is 0. The van der Waals surface area contributed by atoms with E-state index in [1.807, 2.05) is 60.7 Å². The van der Waals surface area contributed by atoms with Gasteiger partial charge in [0.15, 0.2) is 7.14 Å². The quantitative estimate of drug-likeness (QED) is 0.235. The van der Waals surface area contributed by atoms with Gasteiger partial charge in [-0.15, -0.1) is 0 Å². The van der Waals surface area contributed by atoms with Crippen molar-refractivity contribution >= 4 is 46.2 Å². The van der Waals surface area contributed by atoms with Crippen molar-refractivity contribution in [2.24, 2.45) is 0 Å². The number of ether oxygens (including phenoxy) is 1. The predicted molar refractivity (Wildman–Crippen MR) is 165 cm³/mol. The van der Waals surface area contributed by atoms with Crippen molar-refractivity contribution in [2.45, 2.75) is 33.1 Å². The van der Waals surface area contributed by atoms with E-state index in [-0.39, 0.29) is 12.1 Å². The summed E-state index contributed by atoms with van der Waals surface area (Å²) in [6.45, 7) is 9.02. The fraction of sp³-hybridized carbons (Fsp3) is 0.143. The topological polar surface area (TPSA) is 26.3 Å². The van der Waals surface area contributed by atoms with Gasteiger partial charge in [0, 0.05) is 21.3 Å². The van der Waals surface area contributed by atoms with Gasteiger partial charge in [-0.05, 0) is 59.7 Å². The van der Waals surface area contributed by atoms with Crippen molar-refractivity contribution in [1.29, 1.82) is 0 Å². The molecule has 0 fully saturated rings. The third-order valence-electron chi connectivity index (χ3n) is 8.65. The Morgan fingerprint density at radius 1 is 0.667 bits per heavy atom. The monoisotopic (exact) mass is 524 g/mol. The van der Waals surface area contributed by atoms with E-state index in [0.717, 1.165) is 27.4 Å². The van der Waals surface area contributed by atoms with Crippen LogP contribution >= 0.6 is 7.14 Å². The molecule has 0 aromatic heterocycles. The predicted octanol–water partition coefficient (Wildman–Crippen LogP) is 5.20. The molecular weight excluding hydrogens is 494 g/mol.